The van der Waals surface area contributed by atoms with E-state index in [1.54, 1.807) is 0 Å². The van der Waals surface area contributed by atoms with Crippen molar-refractivity contribution in [2.24, 2.45) is 4.99 Å². The molecule has 28 heavy (non-hydrogen) atoms. The molecule has 14 heteroatoms. The lowest BCUT2D eigenvalue weighted by molar-refractivity contribution is 0.234. The Kier molecular flexibility index (Phi) is 6.56. The normalized spacial score (nSPS) is 17.0. The van der Waals surface area contributed by atoms with Gasteiger partial charge in [0.15, 0.2) is 11.5 Å². The van der Waals surface area contributed by atoms with Crippen molar-refractivity contribution in [2.45, 2.75) is 6.42 Å². The van der Waals surface area contributed by atoms with E-state index < -0.39 is 16.0 Å². The number of hydrogen-bond acceptors (Lipinski definition) is 8. The van der Waals surface area contributed by atoms with E-state index in [4.69, 9.17) is 0 Å². The number of halogens is 2. The molecule has 0 radical (unpaired) electrons. The van der Waals surface area contributed by atoms with E-state index in [1.165, 1.54) is 22.5 Å². The van der Waals surface area contributed by atoms with E-state index in [1.807, 2.05) is 5.48 Å². The van der Waals surface area contributed by atoms with E-state index in [0.29, 0.717) is 32.6 Å². The molecule has 152 valence electrons. The second kappa shape index (κ2) is 8.91. The number of nitrogens with zero attached hydrogens (tertiary/aromatic N) is 4. The maximum absolute atomic E-state index is 13.6. The molecule has 0 saturated carbocycles. The average Bonchev–Trinajstić information content (AvgIpc) is 3.25. The van der Waals surface area contributed by atoms with E-state index in [2.05, 4.69) is 45.9 Å². The molecule has 1 aromatic heterocycles. The second-order valence-electron chi connectivity index (χ2n) is 5.71. The molecular formula is C14H17BrFN7O4S. The highest BCUT2D eigenvalue weighted by Gasteiger charge is 2.26. The lowest BCUT2D eigenvalue weighted by atomic mass is 10.3. The summed E-state index contributed by atoms with van der Waals surface area (Å²) < 4.78 is 45.7. The zero-order valence-corrected chi connectivity index (χ0v) is 16.8. The van der Waals surface area contributed by atoms with E-state index in [-0.39, 0.29) is 27.5 Å². The number of benzene rings is 1. The maximum Gasteiger partial charge on any atom is 0.279 e. The van der Waals surface area contributed by atoms with Gasteiger partial charge in [0.1, 0.15) is 5.82 Å². The number of hydrogen-bond donors (Lipinski definition) is 4. The zero-order chi connectivity index (χ0) is 20.1. The summed E-state index contributed by atoms with van der Waals surface area (Å²) in [6, 6.07) is 4.19. The van der Waals surface area contributed by atoms with Crippen molar-refractivity contribution in [1.29, 1.82) is 0 Å². The Labute approximate surface area is 168 Å². The van der Waals surface area contributed by atoms with Gasteiger partial charge in [0.25, 0.3) is 10.2 Å². The quantitative estimate of drug-likeness (QED) is 0.200. The Bertz CT molecular complexity index is 968. The zero-order valence-electron chi connectivity index (χ0n) is 14.4. The minimum Gasteiger partial charge on any atom is -0.365 e. The van der Waals surface area contributed by atoms with Gasteiger partial charge in [-0.25, -0.2) is 18.7 Å². The van der Waals surface area contributed by atoms with Gasteiger partial charge in [0.2, 0.25) is 5.82 Å². The summed E-state index contributed by atoms with van der Waals surface area (Å²) in [4.78, 5) is 4.09. The van der Waals surface area contributed by atoms with Gasteiger partial charge in [-0.2, -0.15) is 12.7 Å². The SMILES string of the molecule is O=S1(=O)NCCN1CCCNc1nonc1C(=Nc1ccc(Br)c(F)c1)NO. The lowest BCUT2D eigenvalue weighted by Gasteiger charge is -2.13. The van der Waals surface area contributed by atoms with Gasteiger partial charge >= 0.3 is 0 Å². The van der Waals surface area contributed by atoms with Gasteiger partial charge < -0.3 is 5.32 Å². The Hall–Kier alpha value is -2.13. The summed E-state index contributed by atoms with van der Waals surface area (Å²) in [7, 11) is -3.38. The van der Waals surface area contributed by atoms with Crippen LogP contribution < -0.4 is 15.5 Å². The predicted molar refractivity (Wildman–Crippen MR) is 101 cm³/mol. The molecule has 1 aliphatic heterocycles. The monoisotopic (exact) mass is 477 g/mol. The molecule has 0 bridgehead atoms. The molecule has 1 saturated heterocycles. The third-order valence-corrected chi connectivity index (χ3v) is 6.08. The molecule has 0 unspecified atom stereocenters. The Morgan fingerprint density at radius 2 is 2.29 bits per heavy atom. The Morgan fingerprint density at radius 1 is 1.46 bits per heavy atom. The molecule has 0 amide bonds. The second-order valence-corrected chi connectivity index (χ2v) is 8.32. The fourth-order valence-corrected chi connectivity index (χ4v) is 3.96. The fraction of sp³-hybridized carbons (Fsp3) is 0.357. The van der Waals surface area contributed by atoms with E-state index >= 15 is 0 Å². The van der Waals surface area contributed by atoms with Crippen LogP contribution in [-0.4, -0.2) is 60.3 Å². The molecule has 2 aromatic rings. The van der Waals surface area contributed by atoms with Crippen molar-refractivity contribution in [2.75, 3.05) is 31.5 Å². The number of amidine groups is 1. The van der Waals surface area contributed by atoms with Crippen molar-refractivity contribution in [1.82, 2.24) is 24.8 Å². The van der Waals surface area contributed by atoms with Gasteiger partial charge in [-0.3, -0.25) is 10.7 Å². The number of aromatic nitrogens is 2. The summed E-state index contributed by atoms with van der Waals surface area (Å²) >= 11 is 3.05. The molecule has 0 aliphatic carbocycles. The number of hydroxylamine groups is 1. The highest BCUT2D eigenvalue weighted by Crippen LogP contribution is 2.22. The minimum atomic E-state index is -3.38. The van der Waals surface area contributed by atoms with Crippen LogP contribution in [0.3, 0.4) is 0 Å². The van der Waals surface area contributed by atoms with Crippen LogP contribution in [0.5, 0.6) is 0 Å². The number of nitrogens with one attached hydrogen (secondary N) is 3. The van der Waals surface area contributed by atoms with Crippen LogP contribution in [0.15, 0.2) is 32.3 Å². The molecule has 4 N–H and O–H groups in total. The molecule has 11 nitrogen and oxygen atoms in total. The van der Waals surface area contributed by atoms with Crippen molar-refractivity contribution in [3.8, 4) is 0 Å². The molecule has 1 aromatic carbocycles. The van der Waals surface area contributed by atoms with Crippen LogP contribution in [0.4, 0.5) is 15.9 Å². The smallest absolute Gasteiger partial charge is 0.279 e. The van der Waals surface area contributed by atoms with E-state index in [9.17, 15) is 18.0 Å². The predicted octanol–water partition coefficient (Wildman–Crippen LogP) is 0.980. The van der Waals surface area contributed by atoms with Crippen LogP contribution in [0.1, 0.15) is 12.1 Å². The largest absolute Gasteiger partial charge is 0.365 e. The van der Waals surface area contributed by atoms with Crippen molar-refractivity contribution in [3.05, 3.63) is 34.2 Å². The first kappa shape index (κ1) is 20.6. The summed E-state index contributed by atoms with van der Waals surface area (Å²) in [6.45, 7) is 1.53. The first-order valence-corrected chi connectivity index (χ1v) is 10.4. The first-order chi connectivity index (χ1) is 13.4. The Morgan fingerprint density at radius 3 is 2.96 bits per heavy atom. The number of aliphatic imine (C=N–C) groups is 1. The lowest BCUT2D eigenvalue weighted by Crippen LogP contribution is -2.31. The van der Waals surface area contributed by atoms with Gasteiger partial charge in [0, 0.05) is 32.2 Å². The molecule has 1 fully saturated rings. The average molecular weight is 478 g/mol. The Balaban J connectivity index is 1.64. The molecule has 2 heterocycles. The highest BCUT2D eigenvalue weighted by atomic mass is 79.9. The van der Waals surface area contributed by atoms with Gasteiger partial charge in [0.05, 0.1) is 10.2 Å². The summed E-state index contributed by atoms with van der Waals surface area (Å²) in [5, 5.41) is 19.7. The van der Waals surface area contributed by atoms with Gasteiger partial charge in [-0.1, -0.05) is 0 Å². The summed E-state index contributed by atoms with van der Waals surface area (Å²) in [5.41, 5.74) is 2.21. The van der Waals surface area contributed by atoms with Gasteiger partial charge in [-0.05, 0) is 44.8 Å². The van der Waals surface area contributed by atoms with Crippen LogP contribution >= 0.6 is 15.9 Å². The molecular weight excluding hydrogens is 461 g/mol. The van der Waals surface area contributed by atoms with E-state index in [0.717, 1.165) is 0 Å². The van der Waals surface area contributed by atoms with Crippen LogP contribution in [0, 0.1) is 5.82 Å². The maximum atomic E-state index is 13.6. The van der Waals surface area contributed by atoms with Gasteiger partial charge in [-0.15, -0.1) is 0 Å². The molecule has 3 rings (SSSR count). The topological polar surface area (TPSA) is 145 Å². The number of anilines is 1. The molecule has 0 spiro atoms. The standard InChI is InChI=1S/C14H17BrFN7O4S/c15-10-3-2-9(8-11(10)16)19-14(20-24)12-13(22-27-21-12)17-4-1-6-23-7-5-18-28(23,25)26/h2-3,8,18,24H,1,4-7H2,(H,17,22)(H,19,20). The number of rotatable bonds is 7. The van der Waals surface area contributed by atoms with Crippen molar-refractivity contribution < 1.29 is 22.6 Å². The third kappa shape index (κ3) is 4.82. The van der Waals surface area contributed by atoms with Crippen LogP contribution in [-0.2, 0) is 10.2 Å². The first-order valence-electron chi connectivity index (χ1n) is 8.16. The minimum absolute atomic E-state index is 0.0845. The fourth-order valence-electron chi connectivity index (χ4n) is 2.48. The summed E-state index contributed by atoms with van der Waals surface area (Å²) in [6.07, 6.45) is 0.504. The highest BCUT2D eigenvalue weighted by molar-refractivity contribution is 9.10. The van der Waals surface area contributed by atoms with Crippen molar-refractivity contribution in [3.63, 3.8) is 0 Å². The van der Waals surface area contributed by atoms with Crippen molar-refractivity contribution >= 4 is 43.5 Å². The van der Waals surface area contributed by atoms with Crippen LogP contribution in [0.2, 0.25) is 0 Å². The molecule has 0 atom stereocenters. The third-order valence-electron chi connectivity index (χ3n) is 3.83. The summed E-state index contributed by atoms with van der Waals surface area (Å²) in [5.74, 6) is -0.418. The van der Waals surface area contributed by atoms with Crippen LogP contribution in [0.25, 0.3) is 0 Å². The molecule has 1 aliphatic rings.